The molecule has 0 aliphatic carbocycles. The number of hydrogen-bond donors (Lipinski definition) is 2. The minimum atomic E-state index is 0. The zero-order valence-corrected chi connectivity index (χ0v) is 19.3. The van der Waals surface area contributed by atoms with E-state index in [9.17, 15) is 0 Å². The van der Waals surface area contributed by atoms with Gasteiger partial charge >= 0.3 is 0 Å². The van der Waals surface area contributed by atoms with Crippen LogP contribution < -0.4 is 15.4 Å². The average molecular weight is 488 g/mol. The van der Waals surface area contributed by atoms with Crippen LogP contribution in [0.25, 0.3) is 0 Å². The Morgan fingerprint density at radius 3 is 2.42 bits per heavy atom. The van der Waals surface area contributed by atoms with Crippen molar-refractivity contribution in [2.45, 2.75) is 40.2 Å². The van der Waals surface area contributed by atoms with Crippen LogP contribution in [0.4, 0.5) is 0 Å². The van der Waals surface area contributed by atoms with Gasteiger partial charge in [0.05, 0.1) is 23.8 Å². The van der Waals surface area contributed by atoms with Crippen LogP contribution >= 0.6 is 35.3 Å². The number of hydrogen-bond acceptors (Lipinski definition) is 4. The molecule has 5 nitrogen and oxygen atoms in total. The number of benzene rings is 1. The second-order valence-corrected chi connectivity index (χ2v) is 7.45. The number of guanidine groups is 1. The first-order valence-corrected chi connectivity index (χ1v) is 9.41. The summed E-state index contributed by atoms with van der Waals surface area (Å²) in [4.78, 5) is 9.92. The lowest BCUT2D eigenvalue weighted by molar-refractivity contribution is 0.322. The van der Waals surface area contributed by atoms with Crippen LogP contribution in [0.1, 0.15) is 40.9 Å². The molecule has 26 heavy (non-hydrogen) atoms. The fourth-order valence-corrected chi connectivity index (χ4v) is 3.29. The molecule has 0 bridgehead atoms. The highest BCUT2D eigenvalue weighted by molar-refractivity contribution is 14.0. The van der Waals surface area contributed by atoms with Crippen LogP contribution in [0, 0.1) is 13.8 Å². The van der Waals surface area contributed by atoms with Gasteiger partial charge in [-0.2, -0.15) is 0 Å². The van der Waals surface area contributed by atoms with E-state index >= 15 is 0 Å². The van der Waals surface area contributed by atoms with Gasteiger partial charge in [0.1, 0.15) is 12.4 Å². The number of nitrogens with one attached hydrogen (secondary N) is 2. The SMILES string of the molecule is CN=C(NCCOc1ccc(C(C)C)cc1)NCc1sc(C)nc1C.I. The third-order valence-corrected chi connectivity index (χ3v) is 4.92. The number of aryl methyl sites for hydroxylation is 2. The zero-order valence-electron chi connectivity index (χ0n) is 16.1. The first kappa shape index (κ1) is 22.7. The number of aromatic nitrogens is 1. The van der Waals surface area contributed by atoms with Crippen LogP contribution in [0.5, 0.6) is 5.75 Å². The molecule has 0 radical (unpaired) electrons. The molecule has 0 saturated carbocycles. The molecule has 1 heterocycles. The highest BCUT2D eigenvalue weighted by atomic mass is 127. The number of rotatable bonds is 7. The second kappa shape index (κ2) is 11.4. The molecule has 0 aliphatic heterocycles. The van der Waals surface area contributed by atoms with Crippen molar-refractivity contribution in [3.05, 3.63) is 45.4 Å². The monoisotopic (exact) mass is 488 g/mol. The molecule has 0 spiro atoms. The maximum atomic E-state index is 5.77. The van der Waals surface area contributed by atoms with Gasteiger partial charge in [-0.1, -0.05) is 26.0 Å². The quantitative estimate of drug-likeness (QED) is 0.265. The van der Waals surface area contributed by atoms with Gasteiger partial charge in [0, 0.05) is 11.9 Å². The maximum absolute atomic E-state index is 5.77. The van der Waals surface area contributed by atoms with Crippen LogP contribution in [0.3, 0.4) is 0 Å². The maximum Gasteiger partial charge on any atom is 0.191 e. The molecule has 0 fully saturated rings. The lowest BCUT2D eigenvalue weighted by atomic mass is 10.0. The first-order chi connectivity index (χ1) is 12.0. The summed E-state index contributed by atoms with van der Waals surface area (Å²) in [6, 6.07) is 8.29. The Hall–Kier alpha value is -1.35. The first-order valence-electron chi connectivity index (χ1n) is 8.59. The highest BCUT2D eigenvalue weighted by Crippen LogP contribution is 2.18. The van der Waals surface area contributed by atoms with Crippen molar-refractivity contribution in [1.29, 1.82) is 0 Å². The van der Waals surface area contributed by atoms with Gasteiger partial charge < -0.3 is 15.4 Å². The third-order valence-electron chi connectivity index (χ3n) is 3.85. The third kappa shape index (κ3) is 7.11. The predicted octanol–water partition coefficient (Wildman–Crippen LogP) is 4.25. The molecule has 1 aromatic carbocycles. The van der Waals surface area contributed by atoms with Gasteiger partial charge in [-0.05, 0) is 37.5 Å². The minimum absolute atomic E-state index is 0. The van der Waals surface area contributed by atoms with Gasteiger partial charge in [0.15, 0.2) is 5.96 Å². The summed E-state index contributed by atoms with van der Waals surface area (Å²) in [7, 11) is 1.77. The van der Waals surface area contributed by atoms with Crippen LogP contribution in [-0.4, -0.2) is 31.1 Å². The van der Waals surface area contributed by atoms with Gasteiger partial charge in [-0.15, -0.1) is 35.3 Å². The zero-order chi connectivity index (χ0) is 18.2. The van der Waals surface area contributed by atoms with E-state index in [-0.39, 0.29) is 24.0 Å². The normalized spacial score (nSPS) is 11.2. The van der Waals surface area contributed by atoms with E-state index in [1.165, 1.54) is 10.4 Å². The predicted molar refractivity (Wildman–Crippen MR) is 121 cm³/mol. The number of ether oxygens (including phenoxy) is 1. The van der Waals surface area contributed by atoms with Crippen molar-refractivity contribution in [3.8, 4) is 5.75 Å². The van der Waals surface area contributed by atoms with Crippen molar-refractivity contribution in [2.75, 3.05) is 20.2 Å². The molecule has 0 amide bonds. The Kier molecular flexibility index (Phi) is 9.93. The average Bonchev–Trinajstić information content (AvgIpc) is 2.92. The number of halogens is 1. The Balaban J connectivity index is 0.00000338. The standard InChI is InChI=1S/C19H28N4OS.HI/c1-13(2)16-6-8-17(9-7-16)24-11-10-21-19(20-5)22-12-18-14(3)23-15(4)25-18;/h6-9,13H,10-12H2,1-5H3,(H2,20,21,22);1H. The van der Waals surface area contributed by atoms with E-state index in [2.05, 4.69) is 46.6 Å². The van der Waals surface area contributed by atoms with E-state index in [0.29, 0.717) is 19.1 Å². The van der Waals surface area contributed by atoms with E-state index in [1.807, 2.05) is 26.0 Å². The fraction of sp³-hybridized carbons (Fsp3) is 0.474. The van der Waals surface area contributed by atoms with E-state index in [4.69, 9.17) is 4.74 Å². The van der Waals surface area contributed by atoms with Crippen molar-refractivity contribution in [2.24, 2.45) is 4.99 Å². The Morgan fingerprint density at radius 2 is 1.88 bits per heavy atom. The van der Waals surface area contributed by atoms with Crippen molar-refractivity contribution in [3.63, 3.8) is 0 Å². The molecule has 144 valence electrons. The Bertz CT molecular complexity index is 698. The molecule has 0 aliphatic rings. The summed E-state index contributed by atoms with van der Waals surface area (Å²) in [5, 5.41) is 7.67. The summed E-state index contributed by atoms with van der Waals surface area (Å²) in [5.74, 6) is 2.20. The topological polar surface area (TPSA) is 58.5 Å². The van der Waals surface area contributed by atoms with Gasteiger partial charge in [0.25, 0.3) is 0 Å². The molecule has 1 aromatic heterocycles. The molecule has 0 saturated heterocycles. The largest absolute Gasteiger partial charge is 0.492 e. The Labute approximate surface area is 177 Å². The fourth-order valence-electron chi connectivity index (χ4n) is 2.41. The molecular weight excluding hydrogens is 459 g/mol. The smallest absolute Gasteiger partial charge is 0.191 e. The minimum Gasteiger partial charge on any atom is -0.492 e. The van der Waals surface area contributed by atoms with E-state index in [0.717, 1.165) is 29.0 Å². The van der Waals surface area contributed by atoms with Crippen LogP contribution in [0.2, 0.25) is 0 Å². The lowest BCUT2D eigenvalue weighted by Crippen LogP contribution is -2.38. The Morgan fingerprint density at radius 1 is 1.19 bits per heavy atom. The molecule has 0 unspecified atom stereocenters. The van der Waals surface area contributed by atoms with Crippen molar-refractivity contribution in [1.82, 2.24) is 15.6 Å². The molecule has 0 atom stereocenters. The van der Waals surface area contributed by atoms with Gasteiger partial charge in [-0.25, -0.2) is 4.98 Å². The second-order valence-electron chi connectivity index (χ2n) is 6.17. The van der Waals surface area contributed by atoms with Crippen LogP contribution in [0.15, 0.2) is 29.3 Å². The molecular formula is C19H29IN4OS. The van der Waals surface area contributed by atoms with Gasteiger partial charge in [0.2, 0.25) is 0 Å². The highest BCUT2D eigenvalue weighted by Gasteiger charge is 2.06. The molecule has 2 rings (SSSR count). The van der Waals surface area contributed by atoms with Crippen molar-refractivity contribution < 1.29 is 4.74 Å². The van der Waals surface area contributed by atoms with Gasteiger partial charge in [-0.3, -0.25) is 4.99 Å². The number of thiazole rings is 1. The summed E-state index contributed by atoms with van der Waals surface area (Å²) in [6.07, 6.45) is 0. The summed E-state index contributed by atoms with van der Waals surface area (Å²) in [5.41, 5.74) is 2.40. The van der Waals surface area contributed by atoms with E-state index in [1.54, 1.807) is 18.4 Å². The lowest BCUT2D eigenvalue weighted by Gasteiger charge is -2.12. The number of aliphatic imine (C=N–C) groups is 1. The summed E-state index contributed by atoms with van der Waals surface area (Å²) >= 11 is 1.71. The summed E-state index contributed by atoms with van der Waals surface area (Å²) in [6.45, 7) is 10.4. The number of nitrogens with zero attached hydrogens (tertiary/aromatic N) is 2. The van der Waals surface area contributed by atoms with E-state index < -0.39 is 0 Å². The molecule has 2 N–H and O–H groups in total. The van der Waals surface area contributed by atoms with Crippen molar-refractivity contribution >= 4 is 41.3 Å². The molecule has 2 aromatic rings. The molecule has 7 heteroatoms. The van der Waals surface area contributed by atoms with Crippen LogP contribution in [-0.2, 0) is 6.54 Å². The summed E-state index contributed by atoms with van der Waals surface area (Å²) < 4.78 is 5.77.